The molecule has 0 saturated heterocycles. The van der Waals surface area contributed by atoms with E-state index in [0.717, 1.165) is 0 Å². The van der Waals surface area contributed by atoms with E-state index in [1.807, 2.05) is 0 Å². The van der Waals surface area contributed by atoms with Crippen LogP contribution in [0.3, 0.4) is 0 Å². The Morgan fingerprint density at radius 2 is 2.40 bits per heavy atom. The fourth-order valence-corrected chi connectivity index (χ4v) is 0.534. The van der Waals surface area contributed by atoms with Crippen molar-refractivity contribution in [1.29, 1.82) is 0 Å². The van der Waals surface area contributed by atoms with E-state index in [4.69, 9.17) is 11.5 Å². The van der Waals surface area contributed by atoms with E-state index in [1.54, 1.807) is 7.05 Å². The maximum absolute atomic E-state index is 10.8. The molecule has 0 aliphatic carbocycles. The molecule has 0 unspecified atom stereocenters. The molecule has 3 heteroatoms. The van der Waals surface area contributed by atoms with E-state index in [9.17, 15) is 4.79 Å². The molecule has 0 heterocycles. The predicted molar refractivity (Wildman–Crippen MR) is 38.2 cm³/mol. The number of aliphatic hydroxyl groups is 1. The van der Waals surface area contributed by atoms with Crippen LogP contribution in [0, 0.1) is 12.3 Å². The van der Waals surface area contributed by atoms with Gasteiger partial charge in [-0.2, -0.15) is 0 Å². The van der Waals surface area contributed by atoms with Crippen molar-refractivity contribution in [2.24, 2.45) is 0 Å². The highest BCUT2D eigenvalue weighted by Crippen LogP contribution is 1.88. The Kier molecular flexibility index (Phi) is 3.52. The van der Waals surface area contributed by atoms with E-state index in [-0.39, 0.29) is 12.5 Å². The van der Waals surface area contributed by atoms with Crippen molar-refractivity contribution in [2.45, 2.75) is 13.0 Å². The summed E-state index contributed by atoms with van der Waals surface area (Å²) in [6.07, 6.45) is 3.98. The first kappa shape index (κ1) is 8.99. The first-order chi connectivity index (χ1) is 4.59. The zero-order valence-electron chi connectivity index (χ0n) is 6.16. The van der Waals surface area contributed by atoms with Crippen LogP contribution in [0.15, 0.2) is 0 Å². The van der Waals surface area contributed by atoms with Crippen LogP contribution >= 0.6 is 0 Å². The molecule has 0 saturated carbocycles. The Morgan fingerprint density at radius 1 is 1.90 bits per heavy atom. The lowest BCUT2D eigenvalue weighted by molar-refractivity contribution is -0.137. The van der Waals surface area contributed by atoms with Crippen LogP contribution in [0.5, 0.6) is 0 Å². The summed E-state index contributed by atoms with van der Waals surface area (Å²) in [5.74, 6) is 1.95. The van der Waals surface area contributed by atoms with Crippen molar-refractivity contribution in [1.82, 2.24) is 4.90 Å². The van der Waals surface area contributed by atoms with Crippen molar-refractivity contribution in [3.05, 3.63) is 0 Å². The van der Waals surface area contributed by atoms with Crippen molar-refractivity contribution in [3.8, 4) is 12.3 Å². The number of likely N-dealkylation sites (N-methyl/N-ethyl adjacent to an activating group) is 1. The minimum atomic E-state index is -0.960. The highest BCUT2D eigenvalue weighted by atomic mass is 16.3. The first-order valence-electron chi connectivity index (χ1n) is 2.96. The van der Waals surface area contributed by atoms with E-state index in [1.165, 1.54) is 11.8 Å². The quantitative estimate of drug-likeness (QED) is 0.525. The summed E-state index contributed by atoms with van der Waals surface area (Å²) in [5.41, 5.74) is 0. The molecule has 0 aliphatic heterocycles. The SMILES string of the molecule is C#CCN(C)C(=O)[C@@H](C)O. The van der Waals surface area contributed by atoms with Crippen LogP contribution < -0.4 is 0 Å². The summed E-state index contributed by atoms with van der Waals surface area (Å²) in [6.45, 7) is 1.65. The van der Waals surface area contributed by atoms with Gasteiger partial charge in [-0.3, -0.25) is 4.79 Å². The van der Waals surface area contributed by atoms with Gasteiger partial charge >= 0.3 is 0 Å². The van der Waals surface area contributed by atoms with Crippen LogP contribution in [0.2, 0.25) is 0 Å². The summed E-state index contributed by atoms with van der Waals surface area (Å²) in [7, 11) is 1.55. The molecule has 0 rings (SSSR count). The molecule has 1 atom stereocenters. The largest absolute Gasteiger partial charge is 0.384 e. The lowest BCUT2D eigenvalue weighted by Crippen LogP contribution is -2.34. The fourth-order valence-electron chi connectivity index (χ4n) is 0.534. The summed E-state index contributed by atoms with van der Waals surface area (Å²) < 4.78 is 0. The average molecular weight is 141 g/mol. The fraction of sp³-hybridized carbons (Fsp3) is 0.571. The minimum absolute atomic E-state index is 0.240. The van der Waals surface area contributed by atoms with Gasteiger partial charge in [-0.15, -0.1) is 6.42 Å². The molecule has 0 aliphatic rings. The third-order valence-electron chi connectivity index (χ3n) is 1.06. The monoisotopic (exact) mass is 141 g/mol. The van der Waals surface area contributed by atoms with Crippen LogP contribution in [0.1, 0.15) is 6.92 Å². The Labute approximate surface area is 60.6 Å². The second-order valence-electron chi connectivity index (χ2n) is 2.07. The highest BCUT2D eigenvalue weighted by molar-refractivity contribution is 5.80. The van der Waals surface area contributed by atoms with Gasteiger partial charge in [0.1, 0.15) is 6.10 Å². The van der Waals surface area contributed by atoms with E-state index in [2.05, 4.69) is 5.92 Å². The highest BCUT2D eigenvalue weighted by Gasteiger charge is 2.12. The lowest BCUT2D eigenvalue weighted by Gasteiger charge is -2.14. The predicted octanol–water partition coefficient (Wildman–Crippen LogP) is -0.541. The normalized spacial score (nSPS) is 11.8. The molecule has 3 nitrogen and oxygen atoms in total. The minimum Gasteiger partial charge on any atom is -0.384 e. The Balaban J connectivity index is 3.85. The van der Waals surface area contributed by atoms with Gasteiger partial charge < -0.3 is 10.0 Å². The molecule has 0 aromatic carbocycles. The molecule has 1 N–H and O–H groups in total. The molecule has 0 bridgehead atoms. The zero-order valence-corrected chi connectivity index (χ0v) is 6.16. The maximum atomic E-state index is 10.8. The second-order valence-corrected chi connectivity index (χ2v) is 2.07. The van der Waals surface area contributed by atoms with Crippen molar-refractivity contribution in [2.75, 3.05) is 13.6 Å². The Bertz CT molecular complexity index is 157. The van der Waals surface area contributed by atoms with Crippen LogP contribution in [-0.4, -0.2) is 35.6 Å². The van der Waals surface area contributed by atoms with Gasteiger partial charge in [0.05, 0.1) is 6.54 Å². The number of nitrogens with zero attached hydrogens (tertiary/aromatic N) is 1. The van der Waals surface area contributed by atoms with Crippen molar-refractivity contribution >= 4 is 5.91 Å². The Hall–Kier alpha value is -1.01. The lowest BCUT2D eigenvalue weighted by atomic mass is 10.3. The molecule has 1 amide bonds. The molecule has 0 fully saturated rings. The van der Waals surface area contributed by atoms with Gasteiger partial charge in [0.15, 0.2) is 0 Å². The summed E-state index contributed by atoms with van der Waals surface area (Å²) in [5, 5.41) is 8.76. The third-order valence-corrected chi connectivity index (χ3v) is 1.06. The van der Waals surface area contributed by atoms with Gasteiger partial charge in [0.25, 0.3) is 5.91 Å². The Morgan fingerprint density at radius 3 is 2.70 bits per heavy atom. The third kappa shape index (κ3) is 2.51. The number of aliphatic hydroxyl groups excluding tert-OH is 1. The smallest absolute Gasteiger partial charge is 0.251 e. The van der Waals surface area contributed by atoms with Crippen LogP contribution in [0.4, 0.5) is 0 Å². The van der Waals surface area contributed by atoms with E-state index >= 15 is 0 Å². The zero-order chi connectivity index (χ0) is 8.15. The number of carbonyl (C=O) groups is 1. The molecule has 0 aromatic rings. The van der Waals surface area contributed by atoms with Crippen molar-refractivity contribution in [3.63, 3.8) is 0 Å². The number of carbonyl (C=O) groups excluding carboxylic acids is 1. The van der Waals surface area contributed by atoms with Gasteiger partial charge in [-0.1, -0.05) is 5.92 Å². The summed E-state index contributed by atoms with van der Waals surface area (Å²) in [6, 6.07) is 0. The number of amides is 1. The number of hydrogen-bond donors (Lipinski definition) is 1. The molecular formula is C7H11NO2. The topological polar surface area (TPSA) is 40.5 Å². The second kappa shape index (κ2) is 3.91. The van der Waals surface area contributed by atoms with Gasteiger partial charge in [-0.05, 0) is 6.92 Å². The van der Waals surface area contributed by atoms with E-state index in [0.29, 0.717) is 0 Å². The maximum Gasteiger partial charge on any atom is 0.251 e. The van der Waals surface area contributed by atoms with Gasteiger partial charge in [-0.25, -0.2) is 0 Å². The summed E-state index contributed by atoms with van der Waals surface area (Å²) >= 11 is 0. The molecule has 56 valence electrons. The number of hydrogen-bond acceptors (Lipinski definition) is 2. The molecule has 0 radical (unpaired) electrons. The molecule has 0 spiro atoms. The van der Waals surface area contributed by atoms with Crippen LogP contribution in [-0.2, 0) is 4.79 Å². The number of terminal acetylenes is 1. The van der Waals surface area contributed by atoms with Crippen molar-refractivity contribution < 1.29 is 9.90 Å². The molecule has 0 aromatic heterocycles. The van der Waals surface area contributed by atoms with Gasteiger partial charge in [0, 0.05) is 7.05 Å². The average Bonchev–Trinajstić information content (AvgIpc) is 1.87. The van der Waals surface area contributed by atoms with E-state index < -0.39 is 6.10 Å². The standard InChI is InChI=1S/C7H11NO2/c1-4-5-8(3)7(10)6(2)9/h1,6,9H,5H2,2-3H3/t6-/m1/s1. The number of rotatable bonds is 2. The first-order valence-corrected chi connectivity index (χ1v) is 2.96. The van der Waals surface area contributed by atoms with Gasteiger partial charge in [0.2, 0.25) is 0 Å². The molecular weight excluding hydrogens is 130 g/mol. The van der Waals surface area contributed by atoms with Crippen LogP contribution in [0.25, 0.3) is 0 Å². The molecule has 10 heavy (non-hydrogen) atoms. The summed E-state index contributed by atoms with van der Waals surface area (Å²) in [4.78, 5) is 12.1.